The highest BCUT2D eigenvalue weighted by molar-refractivity contribution is 5.93. The van der Waals surface area contributed by atoms with Crippen LogP contribution in [-0.4, -0.2) is 5.78 Å². The summed E-state index contributed by atoms with van der Waals surface area (Å²) in [7, 11) is 0. The molecule has 0 aliphatic heterocycles. The van der Waals surface area contributed by atoms with Crippen LogP contribution in [-0.2, 0) is 4.79 Å². The molecule has 0 saturated heterocycles. The highest BCUT2D eigenvalue weighted by Crippen LogP contribution is 2.48. The predicted molar refractivity (Wildman–Crippen MR) is 57.8 cm³/mol. The summed E-state index contributed by atoms with van der Waals surface area (Å²) < 4.78 is 0. The molecule has 0 aromatic carbocycles. The van der Waals surface area contributed by atoms with E-state index in [2.05, 4.69) is 20.4 Å². The van der Waals surface area contributed by atoms with Crippen LogP contribution in [0.3, 0.4) is 0 Å². The molecular weight excluding hydrogens is 172 g/mol. The van der Waals surface area contributed by atoms with Crippen LogP contribution in [0.1, 0.15) is 26.7 Å². The quantitative estimate of drug-likeness (QED) is 0.612. The minimum atomic E-state index is 0.335. The average molecular weight is 190 g/mol. The Morgan fingerprint density at radius 2 is 2.29 bits per heavy atom. The first-order chi connectivity index (χ1) is 6.63. The normalized spacial score (nSPS) is 38.0. The number of carbonyl (C=O) groups is 1. The standard InChI is InChI=1S/C13H18O/c1-4-8(2)12-6-10-5-11(14)7-13(10)9(12)3/h4-5,8-9,12-13H,1,6-7H2,2-3H3/t8-,9-,12+,13+/m1/s1. The van der Waals surface area contributed by atoms with Gasteiger partial charge in [0.25, 0.3) is 0 Å². The van der Waals surface area contributed by atoms with Crippen LogP contribution in [0.5, 0.6) is 0 Å². The van der Waals surface area contributed by atoms with E-state index < -0.39 is 0 Å². The van der Waals surface area contributed by atoms with E-state index in [9.17, 15) is 4.79 Å². The van der Waals surface area contributed by atoms with Gasteiger partial charge in [-0.3, -0.25) is 4.79 Å². The number of hydrogen-bond donors (Lipinski definition) is 0. The lowest BCUT2D eigenvalue weighted by atomic mass is 9.82. The van der Waals surface area contributed by atoms with Crippen LogP contribution < -0.4 is 0 Å². The second-order valence-corrected chi connectivity index (χ2v) is 4.82. The highest BCUT2D eigenvalue weighted by Gasteiger charge is 2.41. The largest absolute Gasteiger partial charge is 0.295 e. The smallest absolute Gasteiger partial charge is 0.156 e. The molecule has 4 atom stereocenters. The Balaban J connectivity index is 2.18. The predicted octanol–water partition coefficient (Wildman–Crippen LogP) is 2.98. The molecule has 0 aromatic rings. The third-order valence-electron chi connectivity index (χ3n) is 4.07. The van der Waals surface area contributed by atoms with Crippen LogP contribution >= 0.6 is 0 Å². The van der Waals surface area contributed by atoms with Gasteiger partial charge >= 0.3 is 0 Å². The molecule has 0 unspecified atom stereocenters. The van der Waals surface area contributed by atoms with Gasteiger partial charge in [-0.2, -0.15) is 0 Å². The molecule has 0 amide bonds. The lowest BCUT2D eigenvalue weighted by Crippen LogP contribution is -2.17. The molecule has 0 aromatic heterocycles. The fourth-order valence-electron chi connectivity index (χ4n) is 3.05. The van der Waals surface area contributed by atoms with Gasteiger partial charge in [-0.1, -0.05) is 25.5 Å². The second kappa shape index (κ2) is 3.38. The average Bonchev–Trinajstić information content (AvgIpc) is 2.64. The van der Waals surface area contributed by atoms with Crippen LogP contribution in [0, 0.1) is 23.7 Å². The maximum absolute atomic E-state index is 11.3. The zero-order valence-electron chi connectivity index (χ0n) is 8.99. The van der Waals surface area contributed by atoms with E-state index in [1.807, 2.05) is 12.2 Å². The number of rotatable bonds is 2. The van der Waals surface area contributed by atoms with Crippen molar-refractivity contribution >= 4 is 5.78 Å². The van der Waals surface area contributed by atoms with Gasteiger partial charge in [-0.05, 0) is 36.2 Å². The molecule has 2 rings (SSSR count). The van der Waals surface area contributed by atoms with Crippen LogP contribution in [0.15, 0.2) is 24.3 Å². The van der Waals surface area contributed by atoms with E-state index in [-0.39, 0.29) is 0 Å². The molecule has 0 N–H and O–H groups in total. The molecule has 1 heteroatoms. The zero-order chi connectivity index (χ0) is 10.3. The number of allylic oxidation sites excluding steroid dienone is 3. The van der Waals surface area contributed by atoms with E-state index in [4.69, 9.17) is 0 Å². The fourth-order valence-corrected chi connectivity index (χ4v) is 3.05. The summed E-state index contributed by atoms with van der Waals surface area (Å²) in [6.07, 6.45) is 5.81. The summed E-state index contributed by atoms with van der Waals surface area (Å²) in [5, 5.41) is 0. The van der Waals surface area contributed by atoms with Gasteiger partial charge in [0.05, 0.1) is 0 Å². The van der Waals surface area contributed by atoms with E-state index in [1.165, 1.54) is 5.57 Å². The number of carbonyl (C=O) groups excluding carboxylic acids is 1. The van der Waals surface area contributed by atoms with Gasteiger partial charge in [0.1, 0.15) is 0 Å². The first-order valence-corrected chi connectivity index (χ1v) is 5.49. The third kappa shape index (κ3) is 1.35. The van der Waals surface area contributed by atoms with Gasteiger partial charge in [0, 0.05) is 6.42 Å². The topological polar surface area (TPSA) is 17.1 Å². The lowest BCUT2D eigenvalue weighted by Gasteiger charge is -2.22. The minimum absolute atomic E-state index is 0.335. The molecule has 0 bridgehead atoms. The molecule has 1 fully saturated rings. The van der Waals surface area contributed by atoms with Gasteiger partial charge < -0.3 is 0 Å². The molecule has 2 aliphatic rings. The SMILES string of the molecule is C=C[C@@H](C)[C@@H]1CC2=CC(=O)C[C@H]2[C@@H]1C. The van der Waals surface area contributed by atoms with Gasteiger partial charge in [-0.25, -0.2) is 0 Å². The van der Waals surface area contributed by atoms with E-state index in [0.717, 1.165) is 12.8 Å². The van der Waals surface area contributed by atoms with E-state index in [0.29, 0.717) is 29.5 Å². The Morgan fingerprint density at radius 3 is 2.86 bits per heavy atom. The zero-order valence-corrected chi connectivity index (χ0v) is 8.99. The summed E-state index contributed by atoms with van der Waals surface area (Å²) in [6, 6.07) is 0. The Labute approximate surface area is 85.9 Å². The van der Waals surface area contributed by atoms with Crippen molar-refractivity contribution in [1.29, 1.82) is 0 Å². The molecule has 0 heterocycles. The molecule has 0 spiro atoms. The van der Waals surface area contributed by atoms with E-state index in [1.54, 1.807) is 0 Å². The molecule has 76 valence electrons. The molecule has 14 heavy (non-hydrogen) atoms. The molecule has 1 nitrogen and oxygen atoms in total. The third-order valence-corrected chi connectivity index (χ3v) is 4.07. The van der Waals surface area contributed by atoms with E-state index >= 15 is 0 Å². The summed E-state index contributed by atoms with van der Waals surface area (Å²) >= 11 is 0. The first kappa shape index (κ1) is 9.70. The summed E-state index contributed by atoms with van der Waals surface area (Å²) in [5.74, 6) is 2.82. The van der Waals surface area contributed by atoms with Crippen molar-refractivity contribution in [3.8, 4) is 0 Å². The minimum Gasteiger partial charge on any atom is -0.295 e. The summed E-state index contributed by atoms with van der Waals surface area (Å²) in [5.41, 5.74) is 1.40. The Bertz CT molecular complexity index is 300. The molecular formula is C13H18O. The molecule has 0 radical (unpaired) electrons. The Morgan fingerprint density at radius 1 is 1.57 bits per heavy atom. The lowest BCUT2D eigenvalue weighted by molar-refractivity contribution is -0.114. The maximum atomic E-state index is 11.3. The Hall–Kier alpha value is -0.850. The van der Waals surface area contributed by atoms with Crippen molar-refractivity contribution in [3.63, 3.8) is 0 Å². The van der Waals surface area contributed by atoms with Crippen LogP contribution in [0.2, 0.25) is 0 Å². The van der Waals surface area contributed by atoms with Crippen molar-refractivity contribution in [2.45, 2.75) is 26.7 Å². The molecule has 1 saturated carbocycles. The monoisotopic (exact) mass is 190 g/mol. The van der Waals surface area contributed by atoms with Crippen molar-refractivity contribution in [2.75, 3.05) is 0 Å². The fraction of sp³-hybridized carbons (Fsp3) is 0.615. The van der Waals surface area contributed by atoms with Crippen molar-refractivity contribution < 1.29 is 4.79 Å². The Kier molecular flexibility index (Phi) is 2.34. The first-order valence-electron chi connectivity index (χ1n) is 5.49. The number of ketones is 1. The van der Waals surface area contributed by atoms with Gasteiger partial charge in [0.15, 0.2) is 5.78 Å². The van der Waals surface area contributed by atoms with Crippen molar-refractivity contribution in [3.05, 3.63) is 24.3 Å². The highest BCUT2D eigenvalue weighted by atomic mass is 16.1. The van der Waals surface area contributed by atoms with Crippen LogP contribution in [0.4, 0.5) is 0 Å². The van der Waals surface area contributed by atoms with Gasteiger partial charge in [-0.15, -0.1) is 6.58 Å². The maximum Gasteiger partial charge on any atom is 0.156 e. The van der Waals surface area contributed by atoms with Crippen LogP contribution in [0.25, 0.3) is 0 Å². The summed E-state index contributed by atoms with van der Waals surface area (Å²) in [4.78, 5) is 11.3. The van der Waals surface area contributed by atoms with Crippen molar-refractivity contribution in [1.82, 2.24) is 0 Å². The second-order valence-electron chi connectivity index (χ2n) is 4.82. The van der Waals surface area contributed by atoms with Crippen molar-refractivity contribution in [2.24, 2.45) is 23.7 Å². The number of fused-ring (bicyclic) bond motifs is 1. The molecule has 2 aliphatic carbocycles. The number of hydrogen-bond acceptors (Lipinski definition) is 1. The summed E-state index contributed by atoms with van der Waals surface area (Å²) in [6.45, 7) is 8.38. The van der Waals surface area contributed by atoms with Gasteiger partial charge in [0.2, 0.25) is 0 Å².